The molecule has 0 aliphatic carbocycles. The van der Waals surface area contributed by atoms with Gasteiger partial charge >= 0.3 is 0 Å². The molecule has 0 atom stereocenters. The highest BCUT2D eigenvalue weighted by molar-refractivity contribution is 9.10. The minimum atomic E-state index is -0.0171. The molecule has 2 aromatic carbocycles. The summed E-state index contributed by atoms with van der Waals surface area (Å²) in [5.74, 6) is -0.0171. The predicted octanol–water partition coefficient (Wildman–Crippen LogP) is 4.02. The second-order valence-corrected chi connectivity index (χ2v) is 6.66. The van der Waals surface area contributed by atoms with Crippen molar-refractivity contribution in [2.75, 3.05) is 24.5 Å². The van der Waals surface area contributed by atoms with Gasteiger partial charge in [-0.15, -0.1) is 0 Å². The van der Waals surface area contributed by atoms with Crippen molar-refractivity contribution in [3.63, 3.8) is 0 Å². The van der Waals surface area contributed by atoms with Crippen LogP contribution in [0.2, 0.25) is 0 Å². The van der Waals surface area contributed by atoms with E-state index in [2.05, 4.69) is 50.4 Å². The molecule has 1 aliphatic rings. The third-order valence-electron chi connectivity index (χ3n) is 4.22. The predicted molar refractivity (Wildman–Crippen MR) is 98.1 cm³/mol. The molecule has 23 heavy (non-hydrogen) atoms. The third-order valence-corrected chi connectivity index (χ3v) is 4.91. The van der Waals surface area contributed by atoms with Crippen LogP contribution < -0.4 is 10.2 Å². The van der Waals surface area contributed by atoms with E-state index in [1.54, 1.807) is 0 Å². The van der Waals surface area contributed by atoms with Gasteiger partial charge in [-0.2, -0.15) is 0 Å². The Bertz CT molecular complexity index is 687. The molecule has 0 fully saturated rings. The minimum Gasteiger partial charge on any atom is -0.371 e. The zero-order valence-electron chi connectivity index (χ0n) is 13.1. The van der Waals surface area contributed by atoms with Gasteiger partial charge in [0.15, 0.2) is 0 Å². The third kappa shape index (κ3) is 3.94. The SMILES string of the molecule is O=C(NCCCN1CCCc2ccccc21)c1ccccc1Br. The normalized spacial score (nSPS) is 13.5. The first kappa shape index (κ1) is 16.1. The number of hydrogen-bond donors (Lipinski definition) is 1. The smallest absolute Gasteiger partial charge is 0.252 e. The van der Waals surface area contributed by atoms with E-state index >= 15 is 0 Å². The van der Waals surface area contributed by atoms with Crippen LogP contribution in [0.25, 0.3) is 0 Å². The lowest BCUT2D eigenvalue weighted by Gasteiger charge is -2.31. The fourth-order valence-electron chi connectivity index (χ4n) is 3.06. The van der Waals surface area contributed by atoms with E-state index in [1.807, 2.05) is 24.3 Å². The fraction of sp³-hybridized carbons (Fsp3) is 0.316. The molecule has 4 heteroatoms. The summed E-state index contributed by atoms with van der Waals surface area (Å²) in [6.45, 7) is 2.78. The van der Waals surface area contributed by atoms with Crippen LogP contribution in [0.15, 0.2) is 53.0 Å². The fourth-order valence-corrected chi connectivity index (χ4v) is 3.52. The van der Waals surface area contributed by atoms with E-state index in [-0.39, 0.29) is 5.91 Å². The maximum absolute atomic E-state index is 12.2. The molecule has 3 nitrogen and oxygen atoms in total. The summed E-state index contributed by atoms with van der Waals surface area (Å²) in [4.78, 5) is 14.6. The van der Waals surface area contributed by atoms with Crippen molar-refractivity contribution < 1.29 is 4.79 Å². The van der Waals surface area contributed by atoms with E-state index in [0.717, 1.165) is 24.0 Å². The number of halogens is 1. The Hall–Kier alpha value is -1.81. The Kier molecular flexibility index (Phi) is 5.34. The summed E-state index contributed by atoms with van der Waals surface area (Å²) in [6, 6.07) is 16.1. The Morgan fingerprint density at radius 1 is 1.13 bits per heavy atom. The molecule has 0 radical (unpaired) electrons. The van der Waals surface area contributed by atoms with Gasteiger partial charge in [-0.05, 0) is 59.0 Å². The average Bonchev–Trinajstić information content (AvgIpc) is 2.59. The monoisotopic (exact) mass is 372 g/mol. The van der Waals surface area contributed by atoms with E-state index in [4.69, 9.17) is 0 Å². The van der Waals surface area contributed by atoms with E-state index in [1.165, 1.54) is 24.1 Å². The van der Waals surface area contributed by atoms with Crippen LogP contribution in [-0.4, -0.2) is 25.5 Å². The van der Waals surface area contributed by atoms with Gasteiger partial charge < -0.3 is 10.2 Å². The maximum atomic E-state index is 12.2. The van der Waals surface area contributed by atoms with Crippen LogP contribution in [-0.2, 0) is 6.42 Å². The van der Waals surface area contributed by atoms with Gasteiger partial charge in [-0.25, -0.2) is 0 Å². The number of para-hydroxylation sites is 1. The maximum Gasteiger partial charge on any atom is 0.252 e. The lowest BCUT2D eigenvalue weighted by atomic mass is 10.0. The van der Waals surface area contributed by atoms with Crippen LogP contribution in [0.4, 0.5) is 5.69 Å². The molecule has 0 bridgehead atoms. The summed E-state index contributed by atoms with van der Waals surface area (Å²) in [7, 11) is 0. The average molecular weight is 373 g/mol. The lowest BCUT2D eigenvalue weighted by Crippen LogP contribution is -2.33. The number of carbonyl (C=O) groups is 1. The number of fused-ring (bicyclic) bond motifs is 1. The highest BCUT2D eigenvalue weighted by Gasteiger charge is 2.15. The molecule has 2 aromatic rings. The molecular formula is C19H21BrN2O. The summed E-state index contributed by atoms with van der Waals surface area (Å²) < 4.78 is 0.836. The first-order chi connectivity index (χ1) is 11.3. The van der Waals surface area contributed by atoms with Crippen LogP contribution >= 0.6 is 15.9 Å². The highest BCUT2D eigenvalue weighted by Crippen LogP contribution is 2.26. The minimum absolute atomic E-state index is 0.0171. The van der Waals surface area contributed by atoms with Gasteiger partial charge in [0.25, 0.3) is 5.91 Å². The summed E-state index contributed by atoms with van der Waals surface area (Å²) in [6.07, 6.45) is 3.33. The van der Waals surface area contributed by atoms with Crippen LogP contribution in [0.3, 0.4) is 0 Å². The molecule has 0 saturated carbocycles. The van der Waals surface area contributed by atoms with Crippen molar-refractivity contribution in [3.05, 3.63) is 64.1 Å². The Morgan fingerprint density at radius 2 is 1.91 bits per heavy atom. The molecule has 1 amide bonds. The molecule has 1 aliphatic heterocycles. The van der Waals surface area contributed by atoms with Crippen molar-refractivity contribution in [1.82, 2.24) is 5.32 Å². The second-order valence-electron chi connectivity index (χ2n) is 5.81. The summed E-state index contributed by atoms with van der Waals surface area (Å²) in [5.41, 5.74) is 3.49. The van der Waals surface area contributed by atoms with Gasteiger partial charge in [0.2, 0.25) is 0 Å². The van der Waals surface area contributed by atoms with Crippen LogP contribution in [0.1, 0.15) is 28.8 Å². The van der Waals surface area contributed by atoms with Gasteiger partial charge in [-0.3, -0.25) is 4.79 Å². The molecule has 1 N–H and O–H groups in total. The Balaban J connectivity index is 1.49. The Labute approximate surface area is 145 Å². The topological polar surface area (TPSA) is 32.3 Å². The number of rotatable bonds is 5. The Morgan fingerprint density at radius 3 is 2.78 bits per heavy atom. The van der Waals surface area contributed by atoms with Gasteiger partial charge in [0, 0.05) is 29.8 Å². The van der Waals surface area contributed by atoms with Crippen molar-refractivity contribution in [2.24, 2.45) is 0 Å². The number of nitrogens with zero attached hydrogens (tertiary/aromatic N) is 1. The number of amides is 1. The van der Waals surface area contributed by atoms with Crippen LogP contribution in [0, 0.1) is 0 Å². The van der Waals surface area contributed by atoms with Crippen molar-refractivity contribution in [3.8, 4) is 0 Å². The molecule has 0 aromatic heterocycles. The zero-order chi connectivity index (χ0) is 16.1. The van der Waals surface area contributed by atoms with E-state index in [9.17, 15) is 4.79 Å². The van der Waals surface area contributed by atoms with Gasteiger partial charge in [0.1, 0.15) is 0 Å². The number of carbonyl (C=O) groups excluding carboxylic acids is 1. The molecule has 3 rings (SSSR count). The second kappa shape index (κ2) is 7.64. The highest BCUT2D eigenvalue weighted by atomic mass is 79.9. The standard InChI is InChI=1S/C19H21BrN2O/c20-17-10-3-2-9-16(17)19(23)21-12-6-14-22-13-5-8-15-7-1-4-11-18(15)22/h1-4,7,9-11H,5-6,8,12-14H2,(H,21,23). The number of aryl methyl sites for hydroxylation is 1. The van der Waals surface area contributed by atoms with Crippen molar-refractivity contribution >= 4 is 27.5 Å². The molecule has 0 spiro atoms. The first-order valence-electron chi connectivity index (χ1n) is 8.11. The molecule has 1 heterocycles. The largest absolute Gasteiger partial charge is 0.371 e. The van der Waals surface area contributed by atoms with E-state index in [0.29, 0.717) is 12.1 Å². The van der Waals surface area contributed by atoms with Gasteiger partial charge in [0.05, 0.1) is 5.56 Å². The molecular weight excluding hydrogens is 352 g/mol. The quantitative estimate of drug-likeness (QED) is 0.803. The van der Waals surface area contributed by atoms with Gasteiger partial charge in [-0.1, -0.05) is 30.3 Å². The van der Waals surface area contributed by atoms with Crippen LogP contribution in [0.5, 0.6) is 0 Å². The number of hydrogen-bond acceptors (Lipinski definition) is 2. The first-order valence-corrected chi connectivity index (χ1v) is 8.90. The lowest BCUT2D eigenvalue weighted by molar-refractivity contribution is 0.0952. The number of anilines is 1. The van der Waals surface area contributed by atoms with Crippen molar-refractivity contribution in [1.29, 1.82) is 0 Å². The molecule has 120 valence electrons. The zero-order valence-corrected chi connectivity index (χ0v) is 14.7. The summed E-state index contributed by atoms with van der Waals surface area (Å²) in [5, 5.41) is 3.01. The molecule has 0 unspecified atom stereocenters. The van der Waals surface area contributed by atoms with Crippen molar-refractivity contribution in [2.45, 2.75) is 19.3 Å². The molecule has 0 saturated heterocycles. The number of benzene rings is 2. The number of nitrogens with one attached hydrogen (secondary N) is 1. The summed E-state index contributed by atoms with van der Waals surface area (Å²) >= 11 is 3.42. The van der Waals surface area contributed by atoms with E-state index < -0.39 is 0 Å².